The van der Waals surface area contributed by atoms with Gasteiger partial charge in [-0.15, -0.1) is 0 Å². The Labute approximate surface area is 96.7 Å². The van der Waals surface area contributed by atoms with Crippen molar-refractivity contribution in [3.63, 3.8) is 0 Å². The largest absolute Gasteiger partial charge is 0.466 e. The van der Waals surface area contributed by atoms with Gasteiger partial charge in [0.2, 0.25) is 0 Å². The molecule has 1 aromatic heterocycles. The minimum absolute atomic E-state index is 0.561. The van der Waals surface area contributed by atoms with Gasteiger partial charge in [-0.05, 0) is 36.2 Å². The lowest BCUT2D eigenvalue weighted by molar-refractivity contribution is 0.189. The maximum Gasteiger partial charge on any atom is 0.137 e. The first-order valence-corrected chi connectivity index (χ1v) is 5.45. The van der Waals surface area contributed by atoms with E-state index < -0.39 is 6.10 Å². The smallest absolute Gasteiger partial charge is 0.137 e. The van der Waals surface area contributed by atoms with E-state index in [4.69, 9.17) is 4.42 Å². The quantitative estimate of drug-likeness (QED) is 0.904. The molecular weight excluding hydrogens is 256 g/mol. The van der Waals surface area contributed by atoms with Crippen LogP contribution in [-0.4, -0.2) is 5.11 Å². The van der Waals surface area contributed by atoms with E-state index in [1.807, 2.05) is 25.1 Å². The predicted molar refractivity (Wildman–Crippen MR) is 61.6 cm³/mol. The molecule has 2 aromatic rings. The first-order chi connectivity index (χ1) is 7.18. The van der Waals surface area contributed by atoms with Crippen molar-refractivity contribution in [3.8, 4) is 0 Å². The molecule has 15 heavy (non-hydrogen) atoms. The van der Waals surface area contributed by atoms with Crippen LogP contribution >= 0.6 is 15.9 Å². The molecular formula is C12H11BrO2. The van der Waals surface area contributed by atoms with Gasteiger partial charge < -0.3 is 9.52 Å². The molecule has 0 bridgehead atoms. The number of hydrogen-bond acceptors (Lipinski definition) is 2. The Morgan fingerprint density at radius 3 is 2.73 bits per heavy atom. The highest BCUT2D eigenvalue weighted by atomic mass is 79.9. The molecule has 0 saturated heterocycles. The SMILES string of the molecule is Cc1ccc(C(O)c2ccco2)cc1Br. The summed E-state index contributed by atoms with van der Waals surface area (Å²) < 4.78 is 6.15. The molecule has 0 radical (unpaired) electrons. The second-order valence-corrected chi connectivity index (χ2v) is 4.28. The molecule has 1 heterocycles. The Morgan fingerprint density at radius 1 is 1.33 bits per heavy atom. The van der Waals surface area contributed by atoms with Crippen LogP contribution in [0.3, 0.4) is 0 Å². The van der Waals surface area contributed by atoms with E-state index in [9.17, 15) is 5.11 Å². The van der Waals surface area contributed by atoms with Crippen molar-refractivity contribution in [1.29, 1.82) is 0 Å². The van der Waals surface area contributed by atoms with Crippen LogP contribution in [0.4, 0.5) is 0 Å². The molecule has 2 nitrogen and oxygen atoms in total. The highest BCUT2D eigenvalue weighted by Crippen LogP contribution is 2.26. The van der Waals surface area contributed by atoms with Gasteiger partial charge in [-0.25, -0.2) is 0 Å². The number of aliphatic hydroxyl groups excluding tert-OH is 1. The second kappa shape index (κ2) is 4.21. The van der Waals surface area contributed by atoms with Crippen LogP contribution in [0.15, 0.2) is 45.5 Å². The summed E-state index contributed by atoms with van der Waals surface area (Å²) in [5.74, 6) is 0.561. The summed E-state index contributed by atoms with van der Waals surface area (Å²) in [6.45, 7) is 2.01. The normalized spacial score (nSPS) is 12.7. The number of halogens is 1. The fourth-order valence-electron chi connectivity index (χ4n) is 1.39. The molecule has 3 heteroatoms. The highest BCUT2D eigenvalue weighted by molar-refractivity contribution is 9.10. The van der Waals surface area contributed by atoms with Crippen LogP contribution in [0.2, 0.25) is 0 Å². The number of aliphatic hydroxyl groups is 1. The molecule has 1 unspecified atom stereocenters. The fourth-order valence-corrected chi connectivity index (χ4v) is 1.79. The lowest BCUT2D eigenvalue weighted by Gasteiger charge is -2.09. The Hall–Kier alpha value is -1.06. The van der Waals surface area contributed by atoms with E-state index in [0.717, 1.165) is 15.6 Å². The average Bonchev–Trinajstić information content (AvgIpc) is 2.74. The Bertz CT molecular complexity index is 449. The molecule has 0 aliphatic carbocycles. The van der Waals surface area contributed by atoms with Crippen molar-refractivity contribution in [1.82, 2.24) is 0 Å². The Balaban J connectivity index is 2.34. The maximum atomic E-state index is 9.98. The first kappa shape index (κ1) is 10.5. The van der Waals surface area contributed by atoms with Crippen molar-refractivity contribution in [2.75, 3.05) is 0 Å². The zero-order chi connectivity index (χ0) is 10.8. The summed E-state index contributed by atoms with van der Waals surface area (Å²) in [5, 5.41) is 9.98. The summed E-state index contributed by atoms with van der Waals surface area (Å²) >= 11 is 3.44. The Kier molecular flexibility index (Phi) is 2.93. The molecule has 1 N–H and O–H groups in total. The lowest BCUT2D eigenvalue weighted by Crippen LogP contribution is -1.98. The van der Waals surface area contributed by atoms with Gasteiger partial charge in [-0.2, -0.15) is 0 Å². The third-order valence-corrected chi connectivity index (χ3v) is 3.18. The van der Waals surface area contributed by atoms with E-state index in [-0.39, 0.29) is 0 Å². The van der Waals surface area contributed by atoms with Crippen molar-refractivity contribution in [2.45, 2.75) is 13.0 Å². The molecule has 0 fully saturated rings. The van der Waals surface area contributed by atoms with Gasteiger partial charge >= 0.3 is 0 Å². The van der Waals surface area contributed by atoms with Gasteiger partial charge in [0.05, 0.1) is 6.26 Å². The highest BCUT2D eigenvalue weighted by Gasteiger charge is 2.13. The summed E-state index contributed by atoms with van der Waals surface area (Å²) in [6.07, 6.45) is 0.860. The predicted octanol–water partition coefficient (Wildman–Crippen LogP) is 3.43. The van der Waals surface area contributed by atoms with E-state index in [0.29, 0.717) is 5.76 Å². The van der Waals surface area contributed by atoms with Gasteiger partial charge in [-0.1, -0.05) is 28.1 Å². The minimum atomic E-state index is -0.697. The maximum absolute atomic E-state index is 9.98. The number of aryl methyl sites for hydroxylation is 1. The number of rotatable bonds is 2. The Morgan fingerprint density at radius 2 is 2.13 bits per heavy atom. The number of hydrogen-bond donors (Lipinski definition) is 1. The monoisotopic (exact) mass is 266 g/mol. The van der Waals surface area contributed by atoms with Crippen LogP contribution in [0.5, 0.6) is 0 Å². The molecule has 0 saturated carbocycles. The third-order valence-electron chi connectivity index (χ3n) is 2.32. The fraction of sp³-hybridized carbons (Fsp3) is 0.167. The van der Waals surface area contributed by atoms with Crippen LogP contribution in [0, 0.1) is 6.92 Å². The van der Waals surface area contributed by atoms with Crippen molar-refractivity contribution < 1.29 is 9.52 Å². The third kappa shape index (κ3) is 2.13. The molecule has 0 amide bonds. The van der Waals surface area contributed by atoms with E-state index >= 15 is 0 Å². The zero-order valence-corrected chi connectivity index (χ0v) is 9.86. The lowest BCUT2D eigenvalue weighted by atomic mass is 10.1. The van der Waals surface area contributed by atoms with Gasteiger partial charge in [0.25, 0.3) is 0 Å². The topological polar surface area (TPSA) is 33.4 Å². The van der Waals surface area contributed by atoms with Gasteiger partial charge in [0.1, 0.15) is 11.9 Å². The summed E-state index contributed by atoms with van der Waals surface area (Å²) in [6, 6.07) is 9.29. The van der Waals surface area contributed by atoms with Gasteiger partial charge in [0, 0.05) is 4.47 Å². The first-order valence-electron chi connectivity index (χ1n) is 4.66. The van der Waals surface area contributed by atoms with Crippen molar-refractivity contribution >= 4 is 15.9 Å². The molecule has 1 atom stereocenters. The summed E-state index contributed by atoms with van der Waals surface area (Å²) in [5.41, 5.74) is 1.97. The van der Waals surface area contributed by atoms with Crippen LogP contribution < -0.4 is 0 Å². The van der Waals surface area contributed by atoms with E-state index in [1.54, 1.807) is 18.4 Å². The minimum Gasteiger partial charge on any atom is -0.466 e. The molecule has 0 aliphatic rings. The van der Waals surface area contributed by atoms with E-state index in [1.165, 1.54) is 0 Å². The molecule has 2 rings (SSSR count). The van der Waals surface area contributed by atoms with Crippen molar-refractivity contribution in [2.24, 2.45) is 0 Å². The van der Waals surface area contributed by atoms with Crippen LogP contribution in [0.25, 0.3) is 0 Å². The van der Waals surface area contributed by atoms with Crippen molar-refractivity contribution in [3.05, 3.63) is 58.0 Å². The molecule has 1 aromatic carbocycles. The second-order valence-electron chi connectivity index (χ2n) is 3.43. The van der Waals surface area contributed by atoms with Gasteiger partial charge in [0.15, 0.2) is 0 Å². The summed E-state index contributed by atoms with van der Waals surface area (Å²) in [7, 11) is 0. The standard InChI is InChI=1S/C12H11BrO2/c1-8-4-5-9(7-10(8)13)12(14)11-3-2-6-15-11/h2-7,12,14H,1H3. The number of benzene rings is 1. The van der Waals surface area contributed by atoms with Crippen LogP contribution in [-0.2, 0) is 0 Å². The van der Waals surface area contributed by atoms with Crippen LogP contribution in [0.1, 0.15) is 23.0 Å². The molecule has 78 valence electrons. The molecule has 0 spiro atoms. The average molecular weight is 267 g/mol. The zero-order valence-electron chi connectivity index (χ0n) is 8.27. The van der Waals surface area contributed by atoms with Gasteiger partial charge in [-0.3, -0.25) is 0 Å². The molecule has 0 aliphatic heterocycles. The summed E-state index contributed by atoms with van der Waals surface area (Å²) in [4.78, 5) is 0. The van der Waals surface area contributed by atoms with E-state index in [2.05, 4.69) is 15.9 Å². The number of furan rings is 1.